The smallest absolute Gasteiger partial charge is 0.324 e. The Bertz CT molecular complexity index is 2330. The molecular weight excluding hydrogens is 791 g/mol. The van der Waals surface area contributed by atoms with Gasteiger partial charge in [-0.1, -0.05) is 39.8 Å². The van der Waals surface area contributed by atoms with Gasteiger partial charge in [-0.3, -0.25) is 29.2 Å². The predicted octanol–water partition coefficient (Wildman–Crippen LogP) is 3.69. The number of nitrogens with two attached hydrogens (primary N) is 2. The molecule has 1 saturated heterocycles. The Balaban J connectivity index is 1.48. The van der Waals surface area contributed by atoms with Crippen molar-refractivity contribution in [2.45, 2.75) is 91.4 Å². The van der Waals surface area contributed by atoms with E-state index >= 15 is 0 Å². The summed E-state index contributed by atoms with van der Waals surface area (Å²) in [7, 11) is 3.18. The Morgan fingerprint density at radius 2 is 1.92 bits per heavy atom. The Kier molecular flexibility index (Phi) is 14.2. The first kappa shape index (κ1) is 45.5. The average Bonchev–Trinajstić information content (AvgIpc) is 3.54. The number of ether oxygens (including phenoxy) is 2. The second kappa shape index (κ2) is 19.4. The number of benzene rings is 2. The molecule has 3 atom stereocenters. The summed E-state index contributed by atoms with van der Waals surface area (Å²) >= 11 is 0. The summed E-state index contributed by atoms with van der Waals surface area (Å²) in [6.45, 7) is 11.1. The first-order valence-electron chi connectivity index (χ1n) is 21.3. The maximum absolute atomic E-state index is 14.5. The van der Waals surface area contributed by atoms with Crippen molar-refractivity contribution in [1.29, 1.82) is 0 Å². The number of amides is 3. The highest BCUT2D eigenvalue weighted by Crippen LogP contribution is 2.41. The molecule has 0 radical (unpaired) electrons. The minimum atomic E-state index is -1.17. The zero-order valence-corrected chi connectivity index (χ0v) is 36.9. The molecule has 2 aliphatic heterocycles. The molecule has 332 valence electrons. The highest BCUT2D eigenvalue weighted by molar-refractivity contribution is 5.96. The van der Waals surface area contributed by atoms with Crippen LogP contribution in [0.3, 0.4) is 0 Å². The number of nitrogens with zero attached hydrogens (tertiary/aromatic N) is 5. The molecule has 3 amide bonds. The number of pyridine rings is 1. The summed E-state index contributed by atoms with van der Waals surface area (Å²) in [6.07, 6.45) is 5.89. The van der Waals surface area contributed by atoms with E-state index in [1.807, 2.05) is 24.4 Å². The van der Waals surface area contributed by atoms with Crippen molar-refractivity contribution < 1.29 is 33.8 Å². The molecule has 0 unspecified atom stereocenters. The summed E-state index contributed by atoms with van der Waals surface area (Å²) in [5, 5.41) is 16.5. The molecule has 6 bridgehead atoms. The number of cyclic esters (lactones) is 1. The lowest BCUT2D eigenvalue weighted by Crippen LogP contribution is -2.62. The number of methoxy groups -OCH3 is 1. The maximum atomic E-state index is 14.5. The highest BCUT2D eigenvalue weighted by atomic mass is 16.5. The molecule has 2 aliphatic rings. The Morgan fingerprint density at radius 1 is 1.15 bits per heavy atom. The molecule has 1 fully saturated rings. The lowest BCUT2D eigenvalue weighted by Gasteiger charge is -2.36. The van der Waals surface area contributed by atoms with Crippen LogP contribution in [0.4, 0.5) is 0 Å². The molecule has 16 nitrogen and oxygen atoms in total. The SMILES string of the molecule is CCn1c(-c2cnccc2CCOC)c2c3cc(ccc31)-c1cc(O)cc(c1)C[C@H](NC(=O)[C@H](C(C)C)N(C)C(=O)CN=C(N)N)C(=O)N1CCC[C@H](N1)C(=O)OCC(C)(C)C2. The molecule has 2 aromatic carbocycles. The van der Waals surface area contributed by atoms with Gasteiger partial charge < -0.3 is 40.8 Å². The zero-order chi connectivity index (χ0) is 44.9. The number of hydrogen-bond donors (Lipinski definition) is 5. The first-order valence-corrected chi connectivity index (χ1v) is 21.3. The summed E-state index contributed by atoms with van der Waals surface area (Å²) < 4.78 is 13.9. The van der Waals surface area contributed by atoms with Crippen LogP contribution in [-0.2, 0) is 54.5 Å². The fraction of sp³-hybridized carbons (Fsp3) is 0.478. The van der Waals surface area contributed by atoms with Gasteiger partial charge in [0.1, 0.15) is 30.4 Å². The summed E-state index contributed by atoms with van der Waals surface area (Å²) in [5.41, 5.74) is 20.9. The zero-order valence-electron chi connectivity index (χ0n) is 36.9. The Morgan fingerprint density at radius 3 is 2.63 bits per heavy atom. The number of esters is 1. The molecule has 0 aliphatic carbocycles. The number of hydrogen-bond acceptors (Lipinski definition) is 10. The molecular formula is C46H61N9O7. The molecule has 7 N–H and O–H groups in total. The Hall–Kier alpha value is -6.00. The van der Waals surface area contributed by atoms with Gasteiger partial charge in [0, 0.05) is 67.9 Å². The third-order valence-electron chi connectivity index (χ3n) is 11.7. The second-order valence-corrected chi connectivity index (χ2v) is 17.4. The fourth-order valence-electron chi connectivity index (χ4n) is 8.69. The van der Waals surface area contributed by atoms with E-state index in [-0.39, 0.29) is 43.7 Å². The number of carbonyl (C=O) groups excluding carboxylic acids is 4. The minimum absolute atomic E-state index is 0.0140. The molecule has 0 saturated carbocycles. The van der Waals surface area contributed by atoms with E-state index in [0.717, 1.165) is 38.9 Å². The van der Waals surface area contributed by atoms with Crippen LogP contribution in [0.1, 0.15) is 64.2 Å². The van der Waals surface area contributed by atoms with E-state index in [0.29, 0.717) is 50.0 Å². The monoisotopic (exact) mass is 851 g/mol. The number of nitrogens with one attached hydrogen (secondary N) is 2. The number of phenols is 1. The Labute approximate surface area is 363 Å². The number of fused-ring (bicyclic) bond motifs is 6. The van der Waals surface area contributed by atoms with Crippen molar-refractivity contribution in [3.8, 4) is 28.1 Å². The number of aromatic nitrogens is 2. The molecule has 4 heterocycles. The van der Waals surface area contributed by atoms with Gasteiger partial charge in [-0.15, -0.1) is 0 Å². The number of guanidine groups is 1. The summed E-state index contributed by atoms with van der Waals surface area (Å²) in [4.78, 5) is 65.3. The topological polar surface area (TPSA) is 220 Å². The van der Waals surface area contributed by atoms with E-state index in [1.165, 1.54) is 17.0 Å². The molecule has 2 aromatic heterocycles. The van der Waals surface area contributed by atoms with Crippen LogP contribution in [0.2, 0.25) is 0 Å². The van der Waals surface area contributed by atoms with Gasteiger partial charge >= 0.3 is 5.97 Å². The van der Waals surface area contributed by atoms with Crippen molar-refractivity contribution >= 4 is 40.6 Å². The van der Waals surface area contributed by atoms with Gasteiger partial charge in [-0.25, -0.2) is 10.4 Å². The van der Waals surface area contributed by atoms with Gasteiger partial charge in [0.15, 0.2) is 5.96 Å². The van der Waals surface area contributed by atoms with Crippen LogP contribution < -0.4 is 22.2 Å². The molecule has 16 heteroatoms. The van der Waals surface area contributed by atoms with Crippen molar-refractivity contribution in [3.63, 3.8) is 0 Å². The number of likely N-dealkylation sites (N-methyl/N-ethyl adjacent to an activating group) is 1. The van der Waals surface area contributed by atoms with Gasteiger partial charge in [-0.2, -0.15) is 0 Å². The van der Waals surface area contributed by atoms with Gasteiger partial charge in [-0.05, 0) is 96.7 Å². The average molecular weight is 852 g/mol. The van der Waals surface area contributed by atoms with E-state index in [4.69, 9.17) is 20.9 Å². The van der Waals surface area contributed by atoms with Crippen LogP contribution in [0.15, 0.2) is 59.9 Å². The fourth-order valence-corrected chi connectivity index (χ4v) is 8.69. The summed E-state index contributed by atoms with van der Waals surface area (Å²) in [5.74, 6) is -2.66. The first-order chi connectivity index (χ1) is 29.5. The number of phenolic OH excluding ortho intramolecular Hbond substituents is 1. The molecule has 6 rings (SSSR count). The molecule has 62 heavy (non-hydrogen) atoms. The van der Waals surface area contributed by atoms with Crippen LogP contribution >= 0.6 is 0 Å². The second-order valence-electron chi connectivity index (χ2n) is 17.4. The van der Waals surface area contributed by atoms with Gasteiger partial charge in [0.05, 0.1) is 18.9 Å². The third-order valence-corrected chi connectivity index (χ3v) is 11.7. The number of aliphatic imine (C=N–C) groups is 1. The number of hydrazine groups is 1. The van der Waals surface area contributed by atoms with Crippen LogP contribution in [-0.4, -0.2) is 113 Å². The van der Waals surface area contributed by atoms with Crippen molar-refractivity contribution in [3.05, 3.63) is 71.5 Å². The normalized spacial score (nSPS) is 18.5. The van der Waals surface area contributed by atoms with Gasteiger partial charge in [0.25, 0.3) is 5.91 Å². The number of carbonyl (C=O) groups is 4. The van der Waals surface area contributed by atoms with Crippen molar-refractivity contribution in [2.75, 3.05) is 40.5 Å². The lowest BCUT2D eigenvalue weighted by molar-refractivity contribution is -0.155. The van der Waals surface area contributed by atoms with E-state index < -0.39 is 47.2 Å². The van der Waals surface area contributed by atoms with Crippen LogP contribution in [0, 0.1) is 11.3 Å². The highest BCUT2D eigenvalue weighted by Gasteiger charge is 2.37. The van der Waals surface area contributed by atoms with Crippen molar-refractivity contribution in [2.24, 2.45) is 27.8 Å². The van der Waals surface area contributed by atoms with E-state index in [2.05, 4.69) is 58.2 Å². The van der Waals surface area contributed by atoms with Crippen LogP contribution in [0.5, 0.6) is 5.75 Å². The van der Waals surface area contributed by atoms with Crippen molar-refractivity contribution in [1.82, 2.24) is 30.2 Å². The molecule has 4 aromatic rings. The lowest BCUT2D eigenvalue weighted by atomic mass is 9.84. The maximum Gasteiger partial charge on any atom is 0.324 e. The quantitative estimate of drug-likeness (QED) is 0.0833. The number of aryl methyl sites for hydroxylation is 1. The number of aromatic hydroxyl groups is 1. The standard InChI is InChI=1S/C46H61N9O7/c1-8-54-38-12-11-30-22-33(38)34(41(54)35-24-49-15-13-29(35)14-17-61-7)23-46(4,5)26-62-44(60)36-10-9-16-55(52-36)43(59)37(20-28-18-31(30)21-32(56)19-28)51-42(58)40(27(2)3)53(6)39(57)25-50-45(47)48/h11-13,15,18-19,21-22,24,27,36-37,40,52,56H,8-10,14,16-17,20,23,25-26H2,1-7H3,(H,51,58)(H4,47,48,50)/t36-,37-,40-/m0/s1. The van der Waals surface area contributed by atoms with E-state index in [9.17, 15) is 24.3 Å². The minimum Gasteiger partial charge on any atom is -0.508 e. The predicted molar refractivity (Wildman–Crippen MR) is 238 cm³/mol. The van der Waals surface area contributed by atoms with E-state index in [1.54, 1.807) is 39.3 Å². The van der Waals surface area contributed by atoms with Crippen LogP contribution in [0.25, 0.3) is 33.3 Å². The van der Waals surface area contributed by atoms with Gasteiger partial charge in [0.2, 0.25) is 11.8 Å². The number of rotatable bonds is 11. The molecule has 0 spiro atoms. The largest absolute Gasteiger partial charge is 0.508 e. The summed E-state index contributed by atoms with van der Waals surface area (Å²) in [6, 6.07) is 10.5. The third kappa shape index (κ3) is 10.2.